The molecule has 6 heteroatoms. The third-order valence-corrected chi connectivity index (χ3v) is 4.29. The van der Waals surface area contributed by atoms with Crippen LogP contribution in [0.5, 0.6) is 0 Å². The van der Waals surface area contributed by atoms with Gasteiger partial charge in [-0.25, -0.2) is 0 Å². The average molecular weight is 349 g/mol. The second-order valence-electron chi connectivity index (χ2n) is 4.61. The van der Waals surface area contributed by atoms with Crippen LogP contribution in [-0.2, 0) is 4.79 Å². The number of thiocarbonyl (C=S) groups is 1. The van der Waals surface area contributed by atoms with E-state index in [9.17, 15) is 4.79 Å². The van der Waals surface area contributed by atoms with E-state index in [2.05, 4.69) is 5.32 Å². The molecule has 1 aliphatic heterocycles. The Morgan fingerprint density at radius 3 is 2.50 bits per heavy atom. The molecule has 2 aromatic rings. The highest BCUT2D eigenvalue weighted by atomic mass is 35.5. The standard InChI is InChI=1S/C16H10Cl2N2OS/c17-12-8-4-5-10(14(12)18)9-13-15(21)20(16(22)19-13)11-6-2-1-3-7-11/h1-9H,(H,19,22). The van der Waals surface area contributed by atoms with E-state index >= 15 is 0 Å². The molecule has 1 amide bonds. The van der Waals surface area contributed by atoms with Gasteiger partial charge >= 0.3 is 0 Å². The number of carbonyl (C=O) groups is 1. The monoisotopic (exact) mass is 348 g/mol. The Morgan fingerprint density at radius 1 is 1.05 bits per heavy atom. The zero-order valence-electron chi connectivity index (χ0n) is 11.2. The molecule has 0 aliphatic carbocycles. The van der Waals surface area contributed by atoms with E-state index in [0.717, 1.165) is 0 Å². The summed E-state index contributed by atoms with van der Waals surface area (Å²) in [5.74, 6) is -0.229. The smallest absolute Gasteiger partial charge is 0.281 e. The van der Waals surface area contributed by atoms with Gasteiger partial charge in [0.1, 0.15) is 5.70 Å². The van der Waals surface area contributed by atoms with Crippen molar-refractivity contribution >= 4 is 58.2 Å². The number of nitrogens with one attached hydrogen (secondary N) is 1. The number of halogens is 2. The largest absolute Gasteiger partial charge is 0.327 e. The van der Waals surface area contributed by atoms with Crippen LogP contribution in [0.15, 0.2) is 54.2 Å². The summed E-state index contributed by atoms with van der Waals surface area (Å²) < 4.78 is 0. The summed E-state index contributed by atoms with van der Waals surface area (Å²) in [6, 6.07) is 14.5. The SMILES string of the molecule is O=C1C(=Cc2cccc(Cl)c2Cl)NC(=S)N1c1ccccc1. The minimum atomic E-state index is -0.229. The first kappa shape index (κ1) is 15.0. The molecule has 1 N–H and O–H groups in total. The van der Waals surface area contributed by atoms with Crippen molar-refractivity contribution in [2.45, 2.75) is 0 Å². The van der Waals surface area contributed by atoms with Crippen molar-refractivity contribution in [3.05, 3.63) is 69.8 Å². The van der Waals surface area contributed by atoms with Crippen LogP contribution in [0.4, 0.5) is 5.69 Å². The molecule has 0 radical (unpaired) electrons. The van der Waals surface area contributed by atoms with Crippen LogP contribution < -0.4 is 10.2 Å². The molecule has 110 valence electrons. The van der Waals surface area contributed by atoms with Crippen molar-refractivity contribution in [3.8, 4) is 0 Å². The quantitative estimate of drug-likeness (QED) is 0.650. The third-order valence-electron chi connectivity index (χ3n) is 3.17. The second kappa shape index (κ2) is 6.08. The lowest BCUT2D eigenvalue weighted by Gasteiger charge is -2.13. The van der Waals surface area contributed by atoms with Crippen molar-refractivity contribution in [1.82, 2.24) is 5.32 Å². The maximum atomic E-state index is 12.5. The molecule has 2 aromatic carbocycles. The number of carbonyl (C=O) groups excluding carboxylic acids is 1. The van der Waals surface area contributed by atoms with Gasteiger partial charge in [0.05, 0.1) is 15.7 Å². The molecule has 0 unspecified atom stereocenters. The van der Waals surface area contributed by atoms with E-state index in [1.807, 2.05) is 30.3 Å². The molecule has 1 fully saturated rings. The highest BCUT2D eigenvalue weighted by Gasteiger charge is 2.31. The number of amides is 1. The lowest BCUT2D eigenvalue weighted by atomic mass is 10.2. The maximum absolute atomic E-state index is 12.5. The Morgan fingerprint density at radius 2 is 1.77 bits per heavy atom. The fourth-order valence-electron chi connectivity index (χ4n) is 2.13. The fourth-order valence-corrected chi connectivity index (χ4v) is 2.79. The molecular weight excluding hydrogens is 339 g/mol. The Kier molecular flexibility index (Phi) is 4.16. The molecule has 0 aromatic heterocycles. The van der Waals surface area contributed by atoms with E-state index in [-0.39, 0.29) is 5.91 Å². The van der Waals surface area contributed by atoms with Crippen molar-refractivity contribution in [3.63, 3.8) is 0 Å². The van der Waals surface area contributed by atoms with E-state index < -0.39 is 0 Å². The van der Waals surface area contributed by atoms with E-state index in [1.54, 1.807) is 24.3 Å². The van der Waals surface area contributed by atoms with E-state index in [4.69, 9.17) is 35.4 Å². The first-order valence-electron chi connectivity index (χ1n) is 6.44. The summed E-state index contributed by atoms with van der Waals surface area (Å²) in [7, 11) is 0. The van der Waals surface area contributed by atoms with Crippen molar-refractivity contribution in [1.29, 1.82) is 0 Å². The van der Waals surface area contributed by atoms with Crippen molar-refractivity contribution in [2.24, 2.45) is 0 Å². The summed E-state index contributed by atoms with van der Waals surface area (Å²) in [6.07, 6.45) is 1.64. The zero-order chi connectivity index (χ0) is 15.7. The van der Waals surface area contributed by atoms with Crippen LogP contribution >= 0.6 is 35.4 Å². The Labute approximate surface area is 143 Å². The summed E-state index contributed by atoms with van der Waals surface area (Å²) in [5, 5.41) is 4.08. The first-order valence-corrected chi connectivity index (χ1v) is 7.60. The highest BCUT2D eigenvalue weighted by Crippen LogP contribution is 2.28. The van der Waals surface area contributed by atoms with E-state index in [1.165, 1.54) is 4.90 Å². The minimum absolute atomic E-state index is 0.229. The number of hydrogen-bond donors (Lipinski definition) is 1. The van der Waals surface area contributed by atoms with Gasteiger partial charge in [0, 0.05) is 0 Å². The average Bonchev–Trinajstić information content (AvgIpc) is 2.79. The van der Waals surface area contributed by atoms with Gasteiger partial charge in [-0.05, 0) is 42.1 Å². The molecule has 3 nitrogen and oxygen atoms in total. The maximum Gasteiger partial charge on any atom is 0.281 e. The van der Waals surface area contributed by atoms with Gasteiger partial charge in [0.25, 0.3) is 5.91 Å². The fraction of sp³-hybridized carbons (Fsp3) is 0. The van der Waals surface area contributed by atoms with Crippen LogP contribution in [-0.4, -0.2) is 11.0 Å². The molecule has 1 aliphatic rings. The van der Waals surface area contributed by atoms with Crippen LogP contribution in [0.3, 0.4) is 0 Å². The molecule has 0 saturated carbocycles. The third kappa shape index (κ3) is 2.73. The van der Waals surface area contributed by atoms with Gasteiger partial charge in [-0.1, -0.05) is 53.5 Å². The Bertz CT molecular complexity index is 790. The molecule has 22 heavy (non-hydrogen) atoms. The summed E-state index contributed by atoms with van der Waals surface area (Å²) in [5.41, 5.74) is 1.73. The lowest BCUT2D eigenvalue weighted by Crippen LogP contribution is -2.30. The molecule has 3 rings (SSSR count). The molecule has 0 spiro atoms. The van der Waals surface area contributed by atoms with Crippen LogP contribution in [0, 0.1) is 0 Å². The summed E-state index contributed by atoms with van der Waals surface area (Å²) in [4.78, 5) is 14.0. The Hall–Kier alpha value is -1.88. The number of benzene rings is 2. The molecule has 1 heterocycles. The van der Waals surface area contributed by atoms with Gasteiger partial charge in [-0.2, -0.15) is 0 Å². The van der Waals surface area contributed by atoms with E-state index in [0.29, 0.717) is 32.1 Å². The van der Waals surface area contributed by atoms with Crippen LogP contribution in [0.1, 0.15) is 5.56 Å². The van der Waals surface area contributed by atoms with Crippen LogP contribution in [0.2, 0.25) is 10.0 Å². The minimum Gasteiger partial charge on any atom is -0.327 e. The summed E-state index contributed by atoms with van der Waals surface area (Å²) in [6.45, 7) is 0. The predicted molar refractivity (Wildman–Crippen MR) is 94.1 cm³/mol. The Balaban J connectivity index is 1.98. The molecule has 0 atom stereocenters. The van der Waals surface area contributed by atoms with Gasteiger partial charge in [0.15, 0.2) is 5.11 Å². The number of hydrogen-bond acceptors (Lipinski definition) is 2. The first-order chi connectivity index (χ1) is 10.6. The zero-order valence-corrected chi connectivity index (χ0v) is 13.5. The van der Waals surface area contributed by atoms with Crippen molar-refractivity contribution in [2.75, 3.05) is 4.90 Å². The molecular formula is C16H10Cl2N2OS. The van der Waals surface area contributed by atoms with Crippen molar-refractivity contribution < 1.29 is 4.79 Å². The molecule has 1 saturated heterocycles. The van der Waals surface area contributed by atoms with Gasteiger partial charge in [-0.15, -0.1) is 0 Å². The topological polar surface area (TPSA) is 32.3 Å². The summed E-state index contributed by atoms with van der Waals surface area (Å²) >= 11 is 17.4. The molecule has 0 bridgehead atoms. The number of rotatable bonds is 2. The van der Waals surface area contributed by atoms with Crippen LogP contribution in [0.25, 0.3) is 6.08 Å². The number of para-hydroxylation sites is 1. The van der Waals surface area contributed by atoms with Gasteiger partial charge in [-0.3, -0.25) is 9.69 Å². The number of nitrogens with zero attached hydrogens (tertiary/aromatic N) is 1. The normalized spacial score (nSPS) is 16.3. The van der Waals surface area contributed by atoms with Gasteiger partial charge in [0.2, 0.25) is 0 Å². The number of anilines is 1. The second-order valence-corrected chi connectivity index (χ2v) is 5.78. The lowest BCUT2D eigenvalue weighted by molar-refractivity contribution is -0.113. The van der Waals surface area contributed by atoms with Gasteiger partial charge < -0.3 is 5.32 Å². The highest BCUT2D eigenvalue weighted by molar-refractivity contribution is 7.80. The predicted octanol–water partition coefficient (Wildman–Crippen LogP) is 4.26.